The van der Waals surface area contributed by atoms with Crippen LogP contribution in [0.1, 0.15) is 66.5 Å². The number of ether oxygens (including phenoxy) is 2. The van der Waals surface area contributed by atoms with E-state index in [9.17, 15) is 4.79 Å². The van der Waals surface area contributed by atoms with Gasteiger partial charge < -0.3 is 9.47 Å². The van der Waals surface area contributed by atoms with Gasteiger partial charge in [0.25, 0.3) is 0 Å². The van der Waals surface area contributed by atoms with Crippen LogP contribution in [-0.4, -0.2) is 12.1 Å². The standard InChI is InChI=1S/C25H34O3/c1-17(2)24(5,6)23(26)28-22-15-11-20(12-16-22)25(7,8)19-9-13-21(14-10-19)27-18(3)4/h9-18H,1-8H3. The molecule has 0 atom stereocenters. The molecule has 0 unspecified atom stereocenters. The number of carbonyl (C=O) groups excluding carboxylic acids is 1. The summed E-state index contributed by atoms with van der Waals surface area (Å²) in [5.74, 6) is 1.47. The lowest BCUT2D eigenvalue weighted by molar-refractivity contribution is -0.146. The fourth-order valence-corrected chi connectivity index (χ4v) is 2.80. The largest absolute Gasteiger partial charge is 0.491 e. The molecule has 3 nitrogen and oxygen atoms in total. The second-order valence-electron chi connectivity index (χ2n) is 9.11. The minimum atomic E-state index is -0.516. The molecule has 2 rings (SSSR count). The van der Waals surface area contributed by atoms with Crippen LogP contribution < -0.4 is 9.47 Å². The molecule has 0 aromatic heterocycles. The summed E-state index contributed by atoms with van der Waals surface area (Å²) in [4.78, 5) is 12.5. The number of carbonyl (C=O) groups is 1. The summed E-state index contributed by atoms with van der Waals surface area (Å²) in [6.07, 6.45) is 0.162. The van der Waals surface area contributed by atoms with Crippen molar-refractivity contribution in [3.05, 3.63) is 59.7 Å². The van der Waals surface area contributed by atoms with E-state index in [1.807, 2.05) is 77.9 Å². The monoisotopic (exact) mass is 382 g/mol. The Balaban J connectivity index is 2.16. The van der Waals surface area contributed by atoms with E-state index in [0.29, 0.717) is 5.75 Å². The first-order valence-electron chi connectivity index (χ1n) is 10.0. The Kier molecular flexibility index (Phi) is 6.59. The van der Waals surface area contributed by atoms with Crippen LogP contribution in [-0.2, 0) is 10.2 Å². The Morgan fingerprint density at radius 1 is 0.750 bits per heavy atom. The second-order valence-corrected chi connectivity index (χ2v) is 9.11. The molecular weight excluding hydrogens is 348 g/mol. The topological polar surface area (TPSA) is 35.5 Å². The number of esters is 1. The number of hydrogen-bond donors (Lipinski definition) is 0. The van der Waals surface area contributed by atoms with Gasteiger partial charge in [-0.3, -0.25) is 4.79 Å². The predicted molar refractivity (Wildman–Crippen MR) is 115 cm³/mol. The zero-order valence-electron chi connectivity index (χ0n) is 18.5. The molecule has 0 fully saturated rings. The molecule has 0 heterocycles. The molecule has 0 saturated carbocycles. The first-order chi connectivity index (χ1) is 12.9. The first-order valence-corrected chi connectivity index (χ1v) is 10.0. The van der Waals surface area contributed by atoms with Gasteiger partial charge in [-0.05, 0) is 69.0 Å². The summed E-state index contributed by atoms with van der Waals surface area (Å²) in [6, 6.07) is 16.1. The van der Waals surface area contributed by atoms with Crippen molar-refractivity contribution in [3.8, 4) is 11.5 Å². The average molecular weight is 383 g/mol. The molecule has 3 heteroatoms. The van der Waals surface area contributed by atoms with Gasteiger partial charge in [0, 0.05) is 5.41 Å². The van der Waals surface area contributed by atoms with E-state index in [4.69, 9.17) is 9.47 Å². The Morgan fingerprint density at radius 2 is 1.18 bits per heavy atom. The molecule has 0 aliphatic carbocycles. The normalized spacial score (nSPS) is 12.4. The van der Waals surface area contributed by atoms with Crippen molar-refractivity contribution in [2.45, 2.75) is 66.9 Å². The third kappa shape index (κ3) is 4.95. The van der Waals surface area contributed by atoms with Crippen LogP contribution in [0.15, 0.2) is 48.5 Å². The molecule has 0 saturated heterocycles. The first kappa shape index (κ1) is 22.0. The van der Waals surface area contributed by atoms with Crippen LogP contribution >= 0.6 is 0 Å². The SMILES string of the molecule is CC(C)Oc1ccc(C(C)(C)c2ccc(OC(=O)C(C)(C)C(C)C)cc2)cc1. The number of benzene rings is 2. The molecular formula is C25H34O3. The maximum absolute atomic E-state index is 12.5. The molecule has 2 aromatic rings. The molecule has 152 valence electrons. The summed E-state index contributed by atoms with van der Waals surface area (Å²) in [5.41, 5.74) is 1.68. The fraction of sp³-hybridized carbons (Fsp3) is 0.480. The van der Waals surface area contributed by atoms with Gasteiger partial charge in [-0.25, -0.2) is 0 Å². The number of rotatable bonds is 7. The zero-order valence-corrected chi connectivity index (χ0v) is 18.5. The number of hydrogen-bond acceptors (Lipinski definition) is 3. The van der Waals surface area contributed by atoms with E-state index in [2.05, 4.69) is 26.0 Å². The van der Waals surface area contributed by atoms with E-state index in [1.165, 1.54) is 5.56 Å². The third-order valence-electron chi connectivity index (χ3n) is 5.70. The van der Waals surface area contributed by atoms with Crippen LogP contribution in [0.2, 0.25) is 0 Å². The molecule has 2 aromatic carbocycles. The van der Waals surface area contributed by atoms with Gasteiger partial charge in [-0.15, -0.1) is 0 Å². The lowest BCUT2D eigenvalue weighted by Crippen LogP contribution is -2.33. The Labute approximate surface area is 170 Å². The van der Waals surface area contributed by atoms with Gasteiger partial charge in [0.1, 0.15) is 11.5 Å². The van der Waals surface area contributed by atoms with Crippen molar-refractivity contribution in [2.24, 2.45) is 11.3 Å². The molecule has 0 aliphatic heterocycles. The van der Waals surface area contributed by atoms with E-state index < -0.39 is 5.41 Å². The van der Waals surface area contributed by atoms with Gasteiger partial charge in [0.15, 0.2) is 0 Å². The van der Waals surface area contributed by atoms with Gasteiger partial charge in [0.05, 0.1) is 11.5 Å². The van der Waals surface area contributed by atoms with Crippen molar-refractivity contribution in [2.75, 3.05) is 0 Å². The van der Waals surface area contributed by atoms with Gasteiger partial charge in [-0.1, -0.05) is 52.0 Å². The Hall–Kier alpha value is -2.29. The highest BCUT2D eigenvalue weighted by Gasteiger charge is 2.33. The summed E-state index contributed by atoms with van der Waals surface area (Å²) in [6.45, 7) is 16.3. The quantitative estimate of drug-likeness (QED) is 0.411. The van der Waals surface area contributed by atoms with Crippen molar-refractivity contribution >= 4 is 5.97 Å². The van der Waals surface area contributed by atoms with Crippen molar-refractivity contribution in [1.29, 1.82) is 0 Å². The second kappa shape index (κ2) is 8.38. The van der Waals surface area contributed by atoms with Crippen molar-refractivity contribution in [1.82, 2.24) is 0 Å². The van der Waals surface area contributed by atoms with E-state index in [1.54, 1.807) is 0 Å². The van der Waals surface area contributed by atoms with Crippen molar-refractivity contribution in [3.63, 3.8) is 0 Å². The molecule has 28 heavy (non-hydrogen) atoms. The summed E-state index contributed by atoms with van der Waals surface area (Å²) in [5, 5.41) is 0. The van der Waals surface area contributed by atoms with Crippen LogP contribution in [0.25, 0.3) is 0 Å². The molecule has 0 bridgehead atoms. The maximum Gasteiger partial charge on any atom is 0.317 e. The van der Waals surface area contributed by atoms with Crippen LogP contribution in [0.3, 0.4) is 0 Å². The lowest BCUT2D eigenvalue weighted by Gasteiger charge is -2.28. The maximum atomic E-state index is 12.5. The summed E-state index contributed by atoms with van der Waals surface area (Å²) >= 11 is 0. The highest BCUT2D eigenvalue weighted by atomic mass is 16.5. The van der Waals surface area contributed by atoms with Gasteiger partial charge in [-0.2, -0.15) is 0 Å². The average Bonchev–Trinajstić information content (AvgIpc) is 2.62. The van der Waals surface area contributed by atoms with E-state index in [-0.39, 0.29) is 23.4 Å². The van der Waals surface area contributed by atoms with Crippen LogP contribution in [0, 0.1) is 11.3 Å². The minimum Gasteiger partial charge on any atom is -0.491 e. The molecule has 0 radical (unpaired) electrons. The zero-order chi connectivity index (χ0) is 21.1. The predicted octanol–water partition coefficient (Wildman–Crippen LogP) is 6.39. The minimum absolute atomic E-state index is 0.162. The third-order valence-corrected chi connectivity index (χ3v) is 5.70. The molecule has 0 aliphatic rings. The summed E-state index contributed by atoms with van der Waals surface area (Å²) in [7, 11) is 0. The van der Waals surface area contributed by atoms with Crippen LogP contribution in [0.5, 0.6) is 11.5 Å². The van der Waals surface area contributed by atoms with E-state index in [0.717, 1.165) is 11.3 Å². The van der Waals surface area contributed by atoms with Crippen molar-refractivity contribution < 1.29 is 14.3 Å². The Morgan fingerprint density at radius 3 is 1.57 bits per heavy atom. The highest BCUT2D eigenvalue weighted by molar-refractivity contribution is 5.78. The smallest absolute Gasteiger partial charge is 0.317 e. The van der Waals surface area contributed by atoms with Gasteiger partial charge in [0.2, 0.25) is 0 Å². The Bertz CT molecular complexity index is 782. The van der Waals surface area contributed by atoms with Gasteiger partial charge >= 0.3 is 5.97 Å². The molecule has 0 spiro atoms. The highest BCUT2D eigenvalue weighted by Crippen LogP contribution is 2.34. The molecule has 0 N–H and O–H groups in total. The fourth-order valence-electron chi connectivity index (χ4n) is 2.80. The lowest BCUT2D eigenvalue weighted by atomic mass is 9.78. The molecule has 0 amide bonds. The van der Waals surface area contributed by atoms with E-state index >= 15 is 0 Å². The van der Waals surface area contributed by atoms with Crippen LogP contribution in [0.4, 0.5) is 0 Å². The summed E-state index contributed by atoms with van der Waals surface area (Å²) < 4.78 is 11.3.